The molecular formula is C40H31N5OPt+2. The molecule has 1 aliphatic heterocycles. The number of aromatic nitrogens is 3. The molecule has 0 saturated carbocycles. The Morgan fingerprint density at radius 2 is 1.64 bits per heavy atom. The van der Waals surface area contributed by atoms with Gasteiger partial charge < -0.3 is 9.30 Å². The molecule has 230 valence electrons. The Morgan fingerprint density at radius 1 is 0.851 bits per heavy atom. The summed E-state index contributed by atoms with van der Waals surface area (Å²) in [7, 11) is 0. The first kappa shape index (κ1) is 23.2. The second-order valence-electron chi connectivity index (χ2n) is 12.0. The molecule has 0 radical (unpaired) electrons. The van der Waals surface area contributed by atoms with E-state index in [9.17, 15) is 0 Å². The molecular weight excluding hydrogens is 762 g/mol. The van der Waals surface area contributed by atoms with Crippen molar-refractivity contribution in [2.75, 3.05) is 0 Å². The Hall–Kier alpha value is -5.15. The van der Waals surface area contributed by atoms with Crippen LogP contribution in [0.2, 0.25) is 0 Å². The van der Waals surface area contributed by atoms with E-state index in [0.29, 0.717) is 28.6 Å². The van der Waals surface area contributed by atoms with Crippen molar-refractivity contribution in [3.63, 3.8) is 0 Å². The topological polar surface area (TPSA) is 46.0 Å². The van der Waals surface area contributed by atoms with E-state index in [4.69, 9.17) is 19.3 Å². The first-order valence-electron chi connectivity index (χ1n) is 18.3. The average molecular weight is 800 g/mol. The van der Waals surface area contributed by atoms with Gasteiger partial charge in [-0.05, 0) is 46.0 Å². The molecule has 7 heteroatoms. The average Bonchev–Trinajstić information content (AvgIpc) is 3.66. The van der Waals surface area contributed by atoms with Crippen molar-refractivity contribution < 1.29 is 35.4 Å². The van der Waals surface area contributed by atoms with Crippen LogP contribution in [0.25, 0.3) is 27.6 Å². The molecule has 0 unspecified atom stereocenters. The summed E-state index contributed by atoms with van der Waals surface area (Å²) in [5.74, 6) is 1.58. The van der Waals surface area contributed by atoms with Gasteiger partial charge in [0.2, 0.25) is 5.69 Å². The van der Waals surface area contributed by atoms with Crippen LogP contribution in [0.1, 0.15) is 41.5 Å². The fraction of sp³-hybridized carbons (Fsp3) is 0.125. The molecule has 8 rings (SSSR count). The molecule has 0 amide bonds. The first-order chi connectivity index (χ1) is 25.2. The van der Waals surface area contributed by atoms with E-state index >= 15 is 0 Å². The van der Waals surface area contributed by atoms with Crippen LogP contribution in [0, 0.1) is 19.0 Å². The molecule has 0 saturated heterocycles. The summed E-state index contributed by atoms with van der Waals surface area (Å²) >= 11 is 0. The Kier molecular flexibility index (Phi) is 5.87. The van der Waals surface area contributed by atoms with Crippen molar-refractivity contribution in [2.24, 2.45) is 0 Å². The summed E-state index contributed by atoms with van der Waals surface area (Å²) in [5, 5.41) is 1.97. The molecule has 1 aliphatic rings. The van der Waals surface area contributed by atoms with Gasteiger partial charge in [-0.25, -0.2) is 4.98 Å². The largest absolute Gasteiger partial charge is 2.00 e. The molecule has 0 N–H and O–H groups in total. The molecule has 3 aromatic heterocycles. The van der Waals surface area contributed by atoms with Gasteiger partial charge in [-0.1, -0.05) is 72.8 Å². The Labute approximate surface area is 298 Å². The Balaban J connectivity index is 0.00000450. The fourth-order valence-corrected chi connectivity index (χ4v) is 5.64. The molecule has 0 atom stereocenters. The predicted molar refractivity (Wildman–Crippen MR) is 185 cm³/mol. The number of fused-ring (bicyclic) bond motifs is 4. The monoisotopic (exact) mass is 799 g/mol. The van der Waals surface area contributed by atoms with Gasteiger partial charge in [0.15, 0.2) is 0 Å². The van der Waals surface area contributed by atoms with E-state index in [1.807, 2.05) is 53.4 Å². The van der Waals surface area contributed by atoms with Crippen LogP contribution >= 0.6 is 0 Å². The van der Waals surface area contributed by atoms with Crippen molar-refractivity contribution >= 4 is 50.6 Å². The number of benzene rings is 4. The fourth-order valence-electron chi connectivity index (χ4n) is 5.64. The standard InChI is InChI=1S/C40H31N5O.Pt/c1-27-12-14-29(15-13-27)43-26-44(36-11-6-5-10-35(36)43)30-8-7-9-31(23-30)46-32-16-17-33-34-19-20-41-25-38(34)45(37(33)24-32)39-22-28(18-21-42-39)40(2,3)4;/h5-22,25H,1-4H3;/q;+2/i1D3,12D,13D,14D,15D;. The summed E-state index contributed by atoms with van der Waals surface area (Å²) < 4.78 is 69.2. The van der Waals surface area contributed by atoms with Crippen LogP contribution in [0.5, 0.6) is 11.5 Å². The first-order valence-corrected chi connectivity index (χ1v) is 14.8. The molecule has 0 fully saturated rings. The number of para-hydroxylation sites is 2. The van der Waals surface area contributed by atoms with E-state index in [2.05, 4.69) is 50.0 Å². The van der Waals surface area contributed by atoms with Gasteiger partial charge in [-0.2, -0.15) is 12.1 Å². The van der Waals surface area contributed by atoms with E-state index in [-0.39, 0.29) is 32.2 Å². The maximum Gasteiger partial charge on any atom is 2.00 e. The van der Waals surface area contributed by atoms with Gasteiger partial charge in [-0.3, -0.25) is 4.98 Å². The zero-order chi connectivity index (χ0) is 37.4. The normalized spacial score (nSPS) is 14.8. The van der Waals surface area contributed by atoms with Crippen molar-refractivity contribution in [1.82, 2.24) is 23.7 Å². The number of rotatable bonds is 5. The second-order valence-corrected chi connectivity index (χ2v) is 12.0. The number of hydrogen-bond acceptors (Lipinski definition) is 3. The minimum absolute atomic E-state index is 0. The summed E-state index contributed by atoms with van der Waals surface area (Å²) in [6.45, 7) is 3.67. The predicted octanol–water partition coefficient (Wildman–Crippen LogP) is 9.43. The van der Waals surface area contributed by atoms with Gasteiger partial charge in [0.25, 0.3) is 11.4 Å². The van der Waals surface area contributed by atoms with Crippen LogP contribution in [-0.4, -0.2) is 20.5 Å². The van der Waals surface area contributed by atoms with E-state index in [0.717, 1.165) is 33.2 Å². The van der Waals surface area contributed by atoms with Crippen molar-refractivity contribution in [3.8, 4) is 17.3 Å². The Morgan fingerprint density at radius 3 is 2.43 bits per heavy atom. The Bertz CT molecular complexity index is 2700. The van der Waals surface area contributed by atoms with E-state index in [1.165, 1.54) is 4.58 Å². The summed E-state index contributed by atoms with van der Waals surface area (Å²) in [4.78, 5) is 9.13. The quantitative estimate of drug-likeness (QED) is 0.129. The van der Waals surface area contributed by atoms with Crippen LogP contribution in [-0.2, 0) is 26.5 Å². The molecule has 0 spiro atoms. The summed E-state index contributed by atoms with van der Waals surface area (Å²) in [6, 6.07) is 30.2. The molecule has 0 bridgehead atoms. The summed E-state index contributed by atoms with van der Waals surface area (Å²) in [6.07, 6.45) is 5.40. The van der Waals surface area contributed by atoms with Gasteiger partial charge in [0.05, 0.1) is 17.2 Å². The van der Waals surface area contributed by atoms with Crippen molar-refractivity contribution in [3.05, 3.63) is 139 Å². The molecule has 47 heavy (non-hydrogen) atoms. The smallest absolute Gasteiger partial charge is 0.509 e. The van der Waals surface area contributed by atoms with Crippen molar-refractivity contribution in [2.45, 2.75) is 33.0 Å². The van der Waals surface area contributed by atoms with Crippen molar-refractivity contribution in [1.29, 1.82) is 0 Å². The maximum absolute atomic E-state index is 8.71. The minimum atomic E-state index is -2.82. The van der Waals surface area contributed by atoms with Crippen LogP contribution in [0.3, 0.4) is 0 Å². The summed E-state index contributed by atoms with van der Waals surface area (Å²) in [5.41, 5.74) is 3.66. The zero-order valence-corrected chi connectivity index (χ0v) is 27.9. The third-order valence-electron chi connectivity index (χ3n) is 7.91. The molecule has 0 aliphatic carbocycles. The third kappa shape index (κ3) is 5.50. The zero-order valence-electron chi connectivity index (χ0n) is 32.6. The van der Waals surface area contributed by atoms with Gasteiger partial charge in [0, 0.05) is 52.2 Å². The van der Waals surface area contributed by atoms with E-state index in [1.54, 1.807) is 41.1 Å². The minimum Gasteiger partial charge on any atom is -0.509 e. The third-order valence-corrected chi connectivity index (χ3v) is 7.91. The van der Waals surface area contributed by atoms with E-state index < -0.39 is 36.6 Å². The number of hydrogen-bond donors (Lipinski definition) is 0. The SMILES string of the molecule is [2H]c1c([2H])c(C([2H])([2H])[2H])c([2H])c([2H])c1[N+]1=C=[N+](c2[c-]c(Oc3[c-]c4c(cc3)c3ccncc3n4-c3cc(C(C)(C)C)ccn3)ccc2)c2ccccc21.[Pt+2]. The van der Waals surface area contributed by atoms with Crippen LogP contribution in [0.4, 0.5) is 22.7 Å². The maximum atomic E-state index is 8.71. The molecule has 4 heterocycles. The molecule has 6 nitrogen and oxygen atoms in total. The van der Waals surface area contributed by atoms with Crippen LogP contribution < -0.4 is 13.9 Å². The van der Waals surface area contributed by atoms with Gasteiger partial charge in [-0.15, -0.1) is 23.6 Å². The van der Waals surface area contributed by atoms with Gasteiger partial charge in [0.1, 0.15) is 11.5 Å². The second kappa shape index (κ2) is 11.9. The van der Waals surface area contributed by atoms with Gasteiger partial charge >= 0.3 is 27.1 Å². The number of pyridine rings is 2. The molecule has 7 aromatic rings. The number of nitrogens with zero attached hydrogens (tertiary/aromatic N) is 5. The molecule has 4 aromatic carbocycles. The van der Waals surface area contributed by atoms with Crippen LogP contribution in [0.15, 0.2) is 116 Å². The number of ether oxygens (including phenoxy) is 1.